The summed E-state index contributed by atoms with van der Waals surface area (Å²) in [5.41, 5.74) is -0.363. The van der Waals surface area contributed by atoms with E-state index >= 15 is 0 Å². The molecule has 0 aromatic carbocycles. The predicted molar refractivity (Wildman–Crippen MR) is 80.0 cm³/mol. The minimum Gasteiger partial charge on any atom is -0.325 e. The Balaban J connectivity index is 2.68. The molecule has 0 bridgehead atoms. The van der Waals surface area contributed by atoms with E-state index in [-0.39, 0.29) is 17.6 Å². The van der Waals surface area contributed by atoms with Gasteiger partial charge in [-0.2, -0.15) is 0 Å². The number of nitrogens with zero attached hydrogens (tertiary/aromatic N) is 2. The van der Waals surface area contributed by atoms with Gasteiger partial charge in [0.2, 0.25) is 5.91 Å². The first-order chi connectivity index (χ1) is 8.80. The molecule has 1 aliphatic heterocycles. The largest absolute Gasteiger partial charge is 0.325 e. The molecule has 0 saturated carbocycles. The van der Waals surface area contributed by atoms with Crippen molar-refractivity contribution in [3.05, 3.63) is 0 Å². The Morgan fingerprint density at radius 3 is 2.53 bits per heavy atom. The highest BCUT2D eigenvalue weighted by atomic mass is 16.2. The number of carbonyl (C=O) groups excluding carboxylic acids is 1. The molecule has 4 nitrogen and oxygen atoms in total. The Kier molecular flexibility index (Phi) is 5.81. The normalized spacial score (nSPS) is 27.9. The van der Waals surface area contributed by atoms with Crippen LogP contribution in [0, 0.1) is 5.92 Å². The first kappa shape index (κ1) is 16.4. The number of carbonyl (C=O) groups is 1. The van der Waals surface area contributed by atoms with Gasteiger partial charge < -0.3 is 9.80 Å². The highest BCUT2D eigenvalue weighted by Gasteiger charge is 2.46. The van der Waals surface area contributed by atoms with E-state index in [2.05, 4.69) is 50.0 Å². The van der Waals surface area contributed by atoms with Gasteiger partial charge in [-0.15, -0.1) is 0 Å². The predicted octanol–water partition coefficient (Wildman–Crippen LogP) is 1.91. The molecule has 1 rings (SSSR count). The van der Waals surface area contributed by atoms with Crippen molar-refractivity contribution in [2.45, 2.75) is 58.7 Å². The zero-order chi connectivity index (χ0) is 14.6. The average Bonchev–Trinajstić information content (AvgIpc) is 2.53. The van der Waals surface area contributed by atoms with Gasteiger partial charge in [-0.1, -0.05) is 20.8 Å². The van der Waals surface area contributed by atoms with Crippen LogP contribution in [0.2, 0.25) is 0 Å². The summed E-state index contributed by atoms with van der Waals surface area (Å²) in [5.74, 6) is 0.875. The summed E-state index contributed by atoms with van der Waals surface area (Å²) in [6.45, 7) is 10.4. The molecular weight excluding hydrogens is 238 g/mol. The van der Waals surface area contributed by atoms with Crippen LogP contribution in [0.4, 0.5) is 0 Å². The highest BCUT2D eigenvalue weighted by Crippen LogP contribution is 2.26. The van der Waals surface area contributed by atoms with Gasteiger partial charge in [0.15, 0.2) is 0 Å². The molecule has 4 heteroatoms. The molecule has 0 aliphatic carbocycles. The maximum absolute atomic E-state index is 12.6. The van der Waals surface area contributed by atoms with Gasteiger partial charge in [0.05, 0.1) is 11.7 Å². The van der Waals surface area contributed by atoms with E-state index in [0.29, 0.717) is 5.92 Å². The molecule has 2 atom stereocenters. The van der Waals surface area contributed by atoms with Crippen LogP contribution >= 0.6 is 0 Å². The van der Waals surface area contributed by atoms with Gasteiger partial charge in [0, 0.05) is 6.54 Å². The lowest BCUT2D eigenvalue weighted by molar-refractivity contribution is -0.133. The fourth-order valence-electron chi connectivity index (χ4n) is 2.67. The quantitative estimate of drug-likeness (QED) is 0.767. The summed E-state index contributed by atoms with van der Waals surface area (Å²) < 4.78 is 0. The second-order valence-corrected chi connectivity index (χ2v) is 6.63. The van der Waals surface area contributed by atoms with Gasteiger partial charge in [-0.05, 0) is 52.7 Å². The zero-order valence-electron chi connectivity index (χ0n) is 13.5. The monoisotopic (exact) mass is 269 g/mol. The van der Waals surface area contributed by atoms with Crippen LogP contribution in [0.15, 0.2) is 0 Å². The van der Waals surface area contributed by atoms with Crippen molar-refractivity contribution in [2.75, 3.05) is 27.2 Å². The Hall–Kier alpha value is -0.610. The molecule has 112 valence electrons. The van der Waals surface area contributed by atoms with Crippen molar-refractivity contribution >= 4 is 5.91 Å². The molecule has 1 fully saturated rings. The zero-order valence-corrected chi connectivity index (χ0v) is 13.5. The van der Waals surface area contributed by atoms with E-state index in [0.717, 1.165) is 32.4 Å². The van der Waals surface area contributed by atoms with Gasteiger partial charge >= 0.3 is 0 Å². The smallest absolute Gasteiger partial charge is 0.243 e. The lowest BCUT2D eigenvalue weighted by atomic mass is 9.99. The molecule has 1 saturated heterocycles. The average molecular weight is 269 g/mol. The van der Waals surface area contributed by atoms with Gasteiger partial charge in [0.25, 0.3) is 0 Å². The van der Waals surface area contributed by atoms with Crippen LogP contribution in [0.3, 0.4) is 0 Å². The van der Waals surface area contributed by atoms with Crippen molar-refractivity contribution < 1.29 is 4.79 Å². The van der Waals surface area contributed by atoms with Crippen molar-refractivity contribution in [1.29, 1.82) is 0 Å². The summed E-state index contributed by atoms with van der Waals surface area (Å²) in [4.78, 5) is 16.8. The molecule has 0 radical (unpaired) electrons. The second-order valence-electron chi connectivity index (χ2n) is 6.63. The molecule has 1 aliphatic rings. The van der Waals surface area contributed by atoms with Gasteiger partial charge in [-0.25, -0.2) is 0 Å². The molecule has 1 heterocycles. The molecule has 0 aromatic heterocycles. The maximum atomic E-state index is 12.6. The summed E-state index contributed by atoms with van der Waals surface area (Å²) in [6.07, 6.45) is 3.13. The van der Waals surface area contributed by atoms with Crippen LogP contribution < -0.4 is 5.32 Å². The molecule has 1 N–H and O–H groups in total. The molecule has 19 heavy (non-hydrogen) atoms. The maximum Gasteiger partial charge on any atom is 0.243 e. The van der Waals surface area contributed by atoms with E-state index < -0.39 is 0 Å². The van der Waals surface area contributed by atoms with E-state index in [1.807, 2.05) is 6.92 Å². The Labute approximate surface area is 118 Å². The standard InChI is InChI=1S/C15H31N3O/c1-7-15(4)14(19)18(10-8-9-17(5)6)13(16-15)11-12(2)3/h12-13,16H,7-11H2,1-6H3. The van der Waals surface area contributed by atoms with E-state index in [4.69, 9.17) is 0 Å². The SMILES string of the molecule is CCC1(C)NC(CC(C)C)N(CCCN(C)C)C1=O. The summed E-state index contributed by atoms with van der Waals surface area (Å²) in [5, 5.41) is 3.55. The number of nitrogens with one attached hydrogen (secondary N) is 1. The van der Waals surface area contributed by atoms with E-state index in [9.17, 15) is 4.79 Å². The number of amides is 1. The third kappa shape index (κ3) is 4.18. The molecule has 1 amide bonds. The highest BCUT2D eigenvalue weighted by molar-refractivity contribution is 5.88. The summed E-state index contributed by atoms with van der Waals surface area (Å²) >= 11 is 0. The van der Waals surface area contributed by atoms with Crippen molar-refractivity contribution in [2.24, 2.45) is 5.92 Å². The molecule has 0 aromatic rings. The molecule has 0 spiro atoms. The van der Waals surface area contributed by atoms with Crippen LogP contribution in [-0.2, 0) is 4.79 Å². The first-order valence-electron chi connectivity index (χ1n) is 7.53. The third-order valence-corrected chi connectivity index (χ3v) is 4.00. The van der Waals surface area contributed by atoms with Gasteiger partial charge in [-0.3, -0.25) is 10.1 Å². The van der Waals surface area contributed by atoms with E-state index in [1.165, 1.54) is 0 Å². The van der Waals surface area contributed by atoms with Crippen LogP contribution in [0.25, 0.3) is 0 Å². The van der Waals surface area contributed by atoms with Crippen molar-refractivity contribution in [3.63, 3.8) is 0 Å². The topological polar surface area (TPSA) is 35.6 Å². The van der Waals surface area contributed by atoms with E-state index in [1.54, 1.807) is 0 Å². The van der Waals surface area contributed by atoms with Gasteiger partial charge in [0.1, 0.15) is 0 Å². The third-order valence-electron chi connectivity index (χ3n) is 4.00. The Bertz CT molecular complexity index is 304. The summed E-state index contributed by atoms with van der Waals surface area (Å²) in [7, 11) is 4.15. The Morgan fingerprint density at radius 2 is 2.05 bits per heavy atom. The number of rotatable bonds is 7. The number of hydrogen-bond acceptors (Lipinski definition) is 3. The van der Waals surface area contributed by atoms with Crippen molar-refractivity contribution in [3.8, 4) is 0 Å². The lowest BCUT2D eigenvalue weighted by Gasteiger charge is -2.26. The van der Waals surface area contributed by atoms with Crippen molar-refractivity contribution in [1.82, 2.24) is 15.1 Å². The fraction of sp³-hybridized carbons (Fsp3) is 0.933. The summed E-state index contributed by atoms with van der Waals surface area (Å²) in [6, 6.07) is 0. The Morgan fingerprint density at radius 1 is 1.42 bits per heavy atom. The minimum atomic E-state index is -0.363. The number of hydrogen-bond donors (Lipinski definition) is 1. The molecule has 2 unspecified atom stereocenters. The van der Waals surface area contributed by atoms with Crippen LogP contribution in [-0.4, -0.2) is 54.6 Å². The van der Waals surface area contributed by atoms with Crippen LogP contribution in [0.5, 0.6) is 0 Å². The molecular formula is C15H31N3O. The fourth-order valence-corrected chi connectivity index (χ4v) is 2.67. The first-order valence-corrected chi connectivity index (χ1v) is 7.53. The second kappa shape index (κ2) is 6.71. The van der Waals surface area contributed by atoms with Crippen LogP contribution in [0.1, 0.15) is 47.0 Å². The minimum absolute atomic E-state index is 0.208. The lowest BCUT2D eigenvalue weighted by Crippen LogP contribution is -2.44.